The third kappa shape index (κ3) is 4.60. The van der Waals surface area contributed by atoms with Gasteiger partial charge in [-0.1, -0.05) is 84.9 Å². The Hall–Kier alpha value is -3.40. The highest BCUT2D eigenvalue weighted by Crippen LogP contribution is 2.35. The van der Waals surface area contributed by atoms with Crippen LogP contribution < -0.4 is 5.32 Å². The van der Waals surface area contributed by atoms with Crippen LogP contribution in [-0.4, -0.2) is 23.3 Å². The van der Waals surface area contributed by atoms with Gasteiger partial charge in [0, 0.05) is 25.9 Å². The molecule has 0 saturated carbocycles. The van der Waals surface area contributed by atoms with E-state index in [1.54, 1.807) is 0 Å². The molecular weight excluding hydrogens is 372 g/mol. The van der Waals surface area contributed by atoms with Crippen LogP contribution in [0, 0.1) is 0 Å². The zero-order valence-electron chi connectivity index (χ0n) is 17.0. The molecule has 3 aromatic rings. The summed E-state index contributed by atoms with van der Waals surface area (Å²) in [7, 11) is 0. The predicted molar refractivity (Wildman–Crippen MR) is 118 cm³/mol. The summed E-state index contributed by atoms with van der Waals surface area (Å²) in [6.07, 6.45) is 1.25. The maximum atomic E-state index is 13.1. The number of amides is 2. The second-order valence-corrected chi connectivity index (χ2v) is 7.61. The Bertz CT molecular complexity index is 1000. The van der Waals surface area contributed by atoms with Crippen molar-refractivity contribution < 1.29 is 9.59 Å². The molecule has 0 spiro atoms. The van der Waals surface area contributed by atoms with E-state index in [1.807, 2.05) is 59.5 Å². The first-order valence-electron chi connectivity index (χ1n) is 10.5. The van der Waals surface area contributed by atoms with Crippen LogP contribution in [0.2, 0.25) is 0 Å². The monoisotopic (exact) mass is 398 g/mol. The number of carbonyl (C=O) groups is 2. The van der Waals surface area contributed by atoms with E-state index in [0.717, 1.165) is 17.5 Å². The fraction of sp³-hybridized carbons (Fsp3) is 0.231. The van der Waals surface area contributed by atoms with Crippen LogP contribution in [0.5, 0.6) is 0 Å². The third-order valence-corrected chi connectivity index (χ3v) is 5.62. The van der Waals surface area contributed by atoms with E-state index in [2.05, 4.69) is 35.6 Å². The summed E-state index contributed by atoms with van der Waals surface area (Å²) in [5, 5.41) is 2.91. The first-order chi connectivity index (χ1) is 14.7. The van der Waals surface area contributed by atoms with Crippen LogP contribution in [0.1, 0.15) is 41.1 Å². The van der Waals surface area contributed by atoms with Gasteiger partial charge in [0.05, 0.1) is 6.04 Å². The second-order valence-electron chi connectivity index (χ2n) is 7.61. The second kappa shape index (κ2) is 9.40. The number of hydrogen-bond acceptors (Lipinski definition) is 2. The molecule has 4 rings (SSSR count). The van der Waals surface area contributed by atoms with Crippen molar-refractivity contribution in [2.24, 2.45) is 0 Å². The minimum atomic E-state index is -0.101. The van der Waals surface area contributed by atoms with Crippen molar-refractivity contribution in [2.45, 2.75) is 31.8 Å². The molecule has 0 aromatic heterocycles. The average Bonchev–Trinajstić information content (AvgIpc) is 2.81. The maximum absolute atomic E-state index is 13.1. The fourth-order valence-corrected chi connectivity index (χ4v) is 4.08. The Balaban J connectivity index is 1.43. The van der Waals surface area contributed by atoms with Gasteiger partial charge in [-0.05, 0) is 28.7 Å². The van der Waals surface area contributed by atoms with Crippen molar-refractivity contribution in [3.63, 3.8) is 0 Å². The Kier molecular flexibility index (Phi) is 6.23. The normalized spacial score (nSPS) is 15.3. The molecule has 0 radical (unpaired) electrons. The summed E-state index contributed by atoms with van der Waals surface area (Å²) in [5.41, 5.74) is 4.62. The molecule has 4 nitrogen and oxygen atoms in total. The molecule has 0 fully saturated rings. The average molecular weight is 399 g/mol. The SMILES string of the molecule is O=C(CCC(=O)N1CCc2ccccc2[C@@H]1c1ccccc1)NCc1ccccc1. The topological polar surface area (TPSA) is 49.4 Å². The summed E-state index contributed by atoms with van der Waals surface area (Å²) in [6.45, 7) is 1.15. The van der Waals surface area contributed by atoms with Crippen molar-refractivity contribution in [3.05, 3.63) is 107 Å². The van der Waals surface area contributed by atoms with Crippen LogP contribution >= 0.6 is 0 Å². The highest BCUT2D eigenvalue weighted by molar-refractivity contribution is 5.84. The summed E-state index contributed by atoms with van der Waals surface area (Å²) in [5.74, 6) is -0.0749. The van der Waals surface area contributed by atoms with Gasteiger partial charge >= 0.3 is 0 Å². The lowest BCUT2D eigenvalue weighted by Gasteiger charge is -2.38. The molecule has 3 aromatic carbocycles. The molecule has 1 aliphatic rings. The van der Waals surface area contributed by atoms with Gasteiger partial charge in [-0.2, -0.15) is 0 Å². The molecule has 1 aliphatic heterocycles. The van der Waals surface area contributed by atoms with Crippen LogP contribution in [-0.2, 0) is 22.6 Å². The number of benzene rings is 3. The first kappa shape index (κ1) is 19.9. The molecule has 4 heteroatoms. The molecule has 0 saturated heterocycles. The molecule has 0 bridgehead atoms. The van der Waals surface area contributed by atoms with E-state index in [0.29, 0.717) is 13.1 Å². The number of nitrogens with one attached hydrogen (secondary N) is 1. The maximum Gasteiger partial charge on any atom is 0.223 e. The summed E-state index contributed by atoms with van der Waals surface area (Å²) in [4.78, 5) is 27.3. The van der Waals surface area contributed by atoms with Gasteiger partial charge in [0.1, 0.15) is 0 Å². The molecule has 1 atom stereocenters. The molecule has 152 valence electrons. The molecule has 30 heavy (non-hydrogen) atoms. The number of rotatable bonds is 6. The van der Waals surface area contributed by atoms with Crippen molar-refractivity contribution in [1.29, 1.82) is 0 Å². The summed E-state index contributed by atoms with van der Waals surface area (Å²) < 4.78 is 0. The van der Waals surface area contributed by atoms with Gasteiger partial charge < -0.3 is 10.2 Å². The van der Waals surface area contributed by atoms with Crippen molar-refractivity contribution >= 4 is 11.8 Å². The quantitative estimate of drug-likeness (QED) is 0.675. The number of nitrogens with zero attached hydrogens (tertiary/aromatic N) is 1. The standard InChI is InChI=1S/C26H26N2O2/c29-24(27-19-20-9-3-1-4-10-20)15-16-25(30)28-18-17-21-11-7-8-14-23(21)26(28)22-12-5-2-6-13-22/h1-14,26H,15-19H2,(H,27,29)/t26-/m0/s1. The molecule has 1 N–H and O–H groups in total. The number of hydrogen-bond donors (Lipinski definition) is 1. The predicted octanol–water partition coefficient (Wildman–Crippen LogP) is 4.26. The van der Waals surface area contributed by atoms with Gasteiger partial charge in [-0.3, -0.25) is 9.59 Å². The molecular formula is C26H26N2O2. The lowest BCUT2D eigenvalue weighted by atomic mass is 9.88. The minimum Gasteiger partial charge on any atom is -0.352 e. The van der Waals surface area contributed by atoms with Crippen LogP contribution in [0.3, 0.4) is 0 Å². The van der Waals surface area contributed by atoms with Gasteiger partial charge in [0.15, 0.2) is 0 Å². The zero-order valence-corrected chi connectivity index (χ0v) is 17.0. The lowest BCUT2D eigenvalue weighted by Crippen LogP contribution is -2.41. The van der Waals surface area contributed by atoms with Crippen LogP contribution in [0.25, 0.3) is 0 Å². The zero-order chi connectivity index (χ0) is 20.8. The third-order valence-electron chi connectivity index (χ3n) is 5.62. The smallest absolute Gasteiger partial charge is 0.223 e. The van der Waals surface area contributed by atoms with E-state index < -0.39 is 0 Å². The molecule has 2 amide bonds. The summed E-state index contributed by atoms with van der Waals surface area (Å²) >= 11 is 0. The summed E-state index contributed by atoms with van der Waals surface area (Å²) in [6, 6.07) is 28.2. The van der Waals surface area contributed by atoms with E-state index >= 15 is 0 Å². The Morgan fingerprint density at radius 3 is 2.27 bits per heavy atom. The molecule has 0 aliphatic carbocycles. The fourth-order valence-electron chi connectivity index (χ4n) is 4.08. The highest BCUT2D eigenvalue weighted by Gasteiger charge is 2.31. The van der Waals surface area contributed by atoms with Gasteiger partial charge in [0.25, 0.3) is 0 Å². The van der Waals surface area contributed by atoms with E-state index in [-0.39, 0.29) is 30.7 Å². The van der Waals surface area contributed by atoms with Crippen LogP contribution in [0.4, 0.5) is 0 Å². The molecule has 1 heterocycles. The Labute approximate surface area is 177 Å². The Morgan fingerprint density at radius 1 is 0.833 bits per heavy atom. The van der Waals surface area contributed by atoms with E-state index in [9.17, 15) is 9.59 Å². The van der Waals surface area contributed by atoms with E-state index in [1.165, 1.54) is 11.1 Å². The van der Waals surface area contributed by atoms with Crippen molar-refractivity contribution in [2.75, 3.05) is 6.54 Å². The van der Waals surface area contributed by atoms with E-state index in [4.69, 9.17) is 0 Å². The van der Waals surface area contributed by atoms with Gasteiger partial charge in [0.2, 0.25) is 11.8 Å². The largest absolute Gasteiger partial charge is 0.352 e. The number of fused-ring (bicyclic) bond motifs is 1. The molecule has 0 unspecified atom stereocenters. The van der Waals surface area contributed by atoms with Gasteiger partial charge in [-0.25, -0.2) is 0 Å². The van der Waals surface area contributed by atoms with Gasteiger partial charge in [-0.15, -0.1) is 0 Å². The van der Waals surface area contributed by atoms with Crippen molar-refractivity contribution in [3.8, 4) is 0 Å². The highest BCUT2D eigenvalue weighted by atomic mass is 16.2. The number of carbonyl (C=O) groups excluding carboxylic acids is 2. The first-order valence-corrected chi connectivity index (χ1v) is 10.5. The minimum absolute atomic E-state index is 0.0215. The Morgan fingerprint density at radius 2 is 1.50 bits per heavy atom. The van der Waals surface area contributed by atoms with Crippen molar-refractivity contribution in [1.82, 2.24) is 10.2 Å². The van der Waals surface area contributed by atoms with Crippen LogP contribution in [0.15, 0.2) is 84.9 Å². The lowest BCUT2D eigenvalue weighted by molar-refractivity contribution is -0.135.